The minimum absolute atomic E-state index is 0.182. The summed E-state index contributed by atoms with van der Waals surface area (Å²) in [4.78, 5) is 30.6. The number of amides is 1. The number of fused-ring (bicyclic) bond motifs is 1. The van der Waals surface area contributed by atoms with Gasteiger partial charge in [0.2, 0.25) is 0 Å². The quantitative estimate of drug-likeness (QED) is 0.784. The topological polar surface area (TPSA) is 93.8 Å². The van der Waals surface area contributed by atoms with Crippen LogP contribution in [-0.2, 0) is 4.79 Å². The predicted molar refractivity (Wildman–Crippen MR) is 93.2 cm³/mol. The first kappa shape index (κ1) is 17.8. The van der Waals surface area contributed by atoms with E-state index in [1.807, 2.05) is 13.8 Å². The van der Waals surface area contributed by atoms with Crippen LogP contribution in [0.5, 0.6) is 0 Å². The highest BCUT2D eigenvalue weighted by Gasteiger charge is 2.46. The molecule has 0 aliphatic carbocycles. The molecule has 0 saturated carbocycles. The van der Waals surface area contributed by atoms with Crippen molar-refractivity contribution in [3.8, 4) is 0 Å². The van der Waals surface area contributed by atoms with Crippen LogP contribution in [0.15, 0.2) is 29.3 Å². The Hall–Kier alpha value is -2.50. The van der Waals surface area contributed by atoms with Gasteiger partial charge in [-0.2, -0.15) is 0 Å². The number of hydrogen-bond donors (Lipinski definition) is 2. The van der Waals surface area contributed by atoms with E-state index in [0.717, 1.165) is 0 Å². The molecule has 0 radical (unpaired) electrons. The molecule has 2 N–H and O–H groups in total. The molecule has 2 rings (SSSR count). The van der Waals surface area contributed by atoms with Gasteiger partial charge in [0.25, 0.3) is 5.91 Å². The molecule has 0 saturated heterocycles. The van der Waals surface area contributed by atoms with E-state index in [2.05, 4.69) is 4.99 Å². The van der Waals surface area contributed by atoms with Crippen molar-refractivity contribution in [2.75, 3.05) is 13.6 Å². The van der Waals surface area contributed by atoms with Crippen molar-refractivity contribution in [1.29, 1.82) is 5.41 Å². The van der Waals surface area contributed by atoms with E-state index < -0.39 is 23.8 Å². The number of aliphatic imine (C=N–C) groups is 1. The summed E-state index contributed by atoms with van der Waals surface area (Å²) in [5.74, 6) is -2.43. The zero-order valence-corrected chi connectivity index (χ0v) is 14.1. The smallest absolute Gasteiger partial charge is 0.313 e. The van der Waals surface area contributed by atoms with Gasteiger partial charge in [-0.15, -0.1) is 0 Å². The van der Waals surface area contributed by atoms with E-state index in [9.17, 15) is 14.7 Å². The summed E-state index contributed by atoms with van der Waals surface area (Å²) in [5, 5.41) is 17.6. The third-order valence-corrected chi connectivity index (χ3v) is 4.22. The molecule has 1 aromatic carbocycles. The van der Waals surface area contributed by atoms with Crippen molar-refractivity contribution < 1.29 is 14.7 Å². The van der Waals surface area contributed by atoms with E-state index in [0.29, 0.717) is 17.7 Å². The lowest BCUT2D eigenvalue weighted by Gasteiger charge is -2.43. The minimum atomic E-state index is -0.995. The number of carbonyl (C=O) groups excluding carboxylic acids is 1. The summed E-state index contributed by atoms with van der Waals surface area (Å²) in [5.41, 5.74) is 0.940. The average Bonchev–Trinajstić information content (AvgIpc) is 2.54. The largest absolute Gasteiger partial charge is 0.481 e. The number of rotatable bonds is 6. The Labute approximate surface area is 141 Å². The number of nitrogens with one attached hydrogen (secondary N) is 1. The monoisotopic (exact) mass is 329 g/mol. The molecule has 1 aromatic rings. The lowest BCUT2D eigenvalue weighted by molar-refractivity contribution is -0.140. The first-order valence-corrected chi connectivity index (χ1v) is 7.97. The standard InChI is InChI=1S/C18H23N3O3/c1-11(2)10-21-16(12(8-19)9-20-3)15(18(23)24)13-6-4-5-7-14(13)17(21)22/h4-9,11-12,15-16,19H,10H2,1-3H3,(H,23,24). The summed E-state index contributed by atoms with van der Waals surface area (Å²) in [6.07, 6.45) is 2.71. The first-order valence-electron chi connectivity index (χ1n) is 7.97. The van der Waals surface area contributed by atoms with Crippen molar-refractivity contribution in [1.82, 2.24) is 4.90 Å². The van der Waals surface area contributed by atoms with E-state index in [-0.39, 0.29) is 11.8 Å². The van der Waals surface area contributed by atoms with Gasteiger partial charge in [-0.1, -0.05) is 32.0 Å². The normalized spacial score (nSPS) is 21.8. The van der Waals surface area contributed by atoms with Crippen LogP contribution in [0.2, 0.25) is 0 Å². The second-order valence-electron chi connectivity index (χ2n) is 6.40. The summed E-state index contributed by atoms with van der Waals surface area (Å²) in [6, 6.07) is 6.18. The third-order valence-electron chi connectivity index (χ3n) is 4.22. The van der Waals surface area contributed by atoms with Crippen molar-refractivity contribution in [2.45, 2.75) is 25.8 Å². The fourth-order valence-electron chi connectivity index (χ4n) is 3.33. The zero-order chi connectivity index (χ0) is 17.9. The van der Waals surface area contributed by atoms with Crippen molar-refractivity contribution in [3.63, 3.8) is 0 Å². The zero-order valence-electron chi connectivity index (χ0n) is 14.1. The van der Waals surface area contributed by atoms with Crippen LogP contribution in [0, 0.1) is 17.2 Å². The average molecular weight is 329 g/mol. The van der Waals surface area contributed by atoms with E-state index >= 15 is 0 Å². The Kier molecular flexibility index (Phi) is 5.49. The third kappa shape index (κ3) is 3.22. The Bertz CT molecular complexity index is 669. The van der Waals surface area contributed by atoms with Crippen LogP contribution in [0.3, 0.4) is 0 Å². The predicted octanol–water partition coefficient (Wildman–Crippen LogP) is 2.30. The molecule has 1 heterocycles. The van der Waals surface area contributed by atoms with Gasteiger partial charge >= 0.3 is 5.97 Å². The molecule has 0 fully saturated rings. The van der Waals surface area contributed by atoms with Crippen LogP contribution in [0.1, 0.15) is 35.7 Å². The Morgan fingerprint density at radius 1 is 1.42 bits per heavy atom. The molecule has 6 heteroatoms. The van der Waals surface area contributed by atoms with Crippen LogP contribution in [0.25, 0.3) is 0 Å². The van der Waals surface area contributed by atoms with E-state index in [1.54, 1.807) is 42.4 Å². The second kappa shape index (κ2) is 7.38. The Morgan fingerprint density at radius 3 is 2.62 bits per heavy atom. The molecule has 0 aromatic heterocycles. The van der Waals surface area contributed by atoms with E-state index in [4.69, 9.17) is 5.41 Å². The number of carboxylic acid groups (broad SMARTS) is 1. The number of hydrogen-bond acceptors (Lipinski definition) is 4. The van der Waals surface area contributed by atoms with Crippen molar-refractivity contribution in [2.24, 2.45) is 16.8 Å². The van der Waals surface area contributed by atoms with Gasteiger partial charge in [0, 0.05) is 31.6 Å². The molecule has 128 valence electrons. The van der Waals surface area contributed by atoms with Crippen LogP contribution in [-0.4, -0.2) is 53.9 Å². The SMILES string of the molecule is CN=CC(C=N)C1C(C(=O)O)c2ccccc2C(=O)N1CC(C)C. The molecule has 0 bridgehead atoms. The maximum Gasteiger partial charge on any atom is 0.313 e. The van der Waals surface area contributed by atoms with Gasteiger partial charge < -0.3 is 20.4 Å². The van der Waals surface area contributed by atoms with Gasteiger partial charge in [0.1, 0.15) is 5.92 Å². The minimum Gasteiger partial charge on any atom is -0.481 e. The molecule has 1 aliphatic heterocycles. The molecule has 6 nitrogen and oxygen atoms in total. The van der Waals surface area contributed by atoms with Crippen LogP contribution >= 0.6 is 0 Å². The van der Waals surface area contributed by atoms with Gasteiger partial charge in [0.05, 0.1) is 12.0 Å². The van der Waals surface area contributed by atoms with Gasteiger partial charge in [-0.3, -0.25) is 9.59 Å². The van der Waals surface area contributed by atoms with Gasteiger partial charge in [-0.25, -0.2) is 0 Å². The maximum absolute atomic E-state index is 13.0. The summed E-state index contributed by atoms with van der Waals surface area (Å²) < 4.78 is 0. The van der Waals surface area contributed by atoms with Crippen molar-refractivity contribution >= 4 is 24.3 Å². The highest BCUT2D eigenvalue weighted by atomic mass is 16.4. The highest BCUT2D eigenvalue weighted by molar-refractivity contribution is 6.01. The molecular formula is C18H23N3O3. The lowest BCUT2D eigenvalue weighted by atomic mass is 9.77. The van der Waals surface area contributed by atoms with Crippen molar-refractivity contribution in [3.05, 3.63) is 35.4 Å². The molecular weight excluding hydrogens is 306 g/mol. The first-order chi connectivity index (χ1) is 11.4. The van der Waals surface area contributed by atoms with Crippen LogP contribution in [0.4, 0.5) is 0 Å². The lowest BCUT2D eigenvalue weighted by Crippen LogP contribution is -2.55. The molecule has 1 amide bonds. The number of carboxylic acids is 1. The number of benzene rings is 1. The maximum atomic E-state index is 13.0. The Morgan fingerprint density at radius 2 is 2.08 bits per heavy atom. The highest BCUT2D eigenvalue weighted by Crippen LogP contribution is 2.37. The Balaban J connectivity index is 2.66. The van der Waals surface area contributed by atoms with E-state index in [1.165, 1.54) is 6.21 Å². The number of nitrogens with zero attached hydrogens (tertiary/aromatic N) is 2. The summed E-state index contributed by atoms with van der Waals surface area (Å²) in [7, 11) is 1.58. The molecule has 3 atom stereocenters. The van der Waals surface area contributed by atoms with Crippen LogP contribution < -0.4 is 0 Å². The summed E-state index contributed by atoms with van der Waals surface area (Å²) in [6.45, 7) is 4.39. The summed E-state index contributed by atoms with van der Waals surface area (Å²) >= 11 is 0. The fraction of sp³-hybridized carbons (Fsp3) is 0.444. The molecule has 0 spiro atoms. The fourth-order valence-corrected chi connectivity index (χ4v) is 3.33. The number of carbonyl (C=O) groups is 2. The number of aliphatic carboxylic acids is 1. The van der Waals surface area contributed by atoms with Gasteiger partial charge in [-0.05, 0) is 17.5 Å². The molecule has 3 unspecified atom stereocenters. The van der Waals surface area contributed by atoms with Gasteiger partial charge in [0.15, 0.2) is 0 Å². The second-order valence-corrected chi connectivity index (χ2v) is 6.40. The molecule has 24 heavy (non-hydrogen) atoms. The molecule has 1 aliphatic rings.